The Kier molecular flexibility index (Phi) is 5.63. The van der Waals surface area contributed by atoms with Gasteiger partial charge in [0.1, 0.15) is 5.75 Å². The molecule has 0 aromatic heterocycles. The van der Waals surface area contributed by atoms with Gasteiger partial charge in [0, 0.05) is 11.4 Å². The summed E-state index contributed by atoms with van der Waals surface area (Å²) >= 11 is 5.76. The third-order valence-electron chi connectivity index (χ3n) is 2.26. The molecule has 17 heavy (non-hydrogen) atoms. The molecule has 1 aromatic rings. The largest absolute Gasteiger partial charge is 0.491 e. The number of ether oxygens (including phenoxy) is 1. The monoisotopic (exact) mass is 257 g/mol. The topological polar surface area (TPSA) is 72.5 Å². The van der Waals surface area contributed by atoms with Crippen LogP contribution in [-0.4, -0.2) is 17.7 Å². The Balaban J connectivity index is 2.20. The molecule has 4 nitrogen and oxygen atoms in total. The average molecular weight is 258 g/mol. The molecule has 0 aliphatic carbocycles. The molecule has 1 aromatic carbocycles. The summed E-state index contributed by atoms with van der Waals surface area (Å²) in [7, 11) is 0. The van der Waals surface area contributed by atoms with Gasteiger partial charge in [-0.15, -0.1) is 0 Å². The maximum absolute atomic E-state index is 10.3. The number of halogens is 1. The van der Waals surface area contributed by atoms with Gasteiger partial charge in [0.15, 0.2) is 0 Å². The first kappa shape index (κ1) is 13.6. The molecule has 1 rings (SSSR count). The van der Waals surface area contributed by atoms with Crippen LogP contribution in [-0.2, 0) is 4.79 Å². The fourth-order valence-corrected chi connectivity index (χ4v) is 1.57. The number of rotatable bonds is 7. The number of nitrogen functional groups attached to an aromatic ring is 1. The second-order valence-electron chi connectivity index (χ2n) is 3.74. The maximum atomic E-state index is 10.3. The minimum absolute atomic E-state index is 0.211. The van der Waals surface area contributed by atoms with Gasteiger partial charge in [-0.1, -0.05) is 11.6 Å². The Morgan fingerprint density at radius 2 is 2.12 bits per heavy atom. The lowest BCUT2D eigenvalue weighted by Crippen LogP contribution is -2.01. The van der Waals surface area contributed by atoms with E-state index in [0.717, 1.165) is 12.8 Å². The van der Waals surface area contributed by atoms with Crippen molar-refractivity contribution in [3.8, 4) is 5.75 Å². The summed E-state index contributed by atoms with van der Waals surface area (Å²) in [5.41, 5.74) is 6.23. The second kappa shape index (κ2) is 7.01. The van der Waals surface area contributed by atoms with Crippen molar-refractivity contribution in [1.82, 2.24) is 0 Å². The van der Waals surface area contributed by atoms with Gasteiger partial charge in [0.05, 0.1) is 12.3 Å². The second-order valence-corrected chi connectivity index (χ2v) is 4.17. The summed E-state index contributed by atoms with van der Waals surface area (Å²) in [6, 6.07) is 5.09. The molecule has 0 radical (unpaired) electrons. The molecule has 0 spiro atoms. The molecule has 94 valence electrons. The number of unbranched alkanes of at least 4 members (excludes halogenated alkanes) is 2. The molecule has 0 saturated heterocycles. The predicted molar refractivity (Wildman–Crippen MR) is 67.5 cm³/mol. The highest BCUT2D eigenvalue weighted by atomic mass is 35.5. The number of carbonyl (C=O) groups is 1. The molecule has 0 saturated carbocycles. The number of nitrogens with two attached hydrogens (primary N) is 1. The first-order valence-electron chi connectivity index (χ1n) is 5.49. The Hall–Kier alpha value is -1.42. The first-order chi connectivity index (χ1) is 8.09. The van der Waals surface area contributed by atoms with Gasteiger partial charge in [-0.05, 0) is 37.5 Å². The zero-order chi connectivity index (χ0) is 12.7. The van der Waals surface area contributed by atoms with E-state index >= 15 is 0 Å². The number of hydrogen-bond donors (Lipinski definition) is 2. The molecular weight excluding hydrogens is 242 g/mol. The lowest BCUT2D eigenvalue weighted by atomic mass is 10.2. The molecule has 0 heterocycles. The Labute approximate surface area is 105 Å². The van der Waals surface area contributed by atoms with Gasteiger partial charge >= 0.3 is 5.97 Å². The highest BCUT2D eigenvalue weighted by Crippen LogP contribution is 2.25. The predicted octanol–water partition coefficient (Wildman–Crippen LogP) is 2.95. The van der Waals surface area contributed by atoms with E-state index in [2.05, 4.69) is 0 Å². The highest BCUT2D eigenvalue weighted by Gasteiger charge is 2.01. The molecule has 0 bridgehead atoms. The van der Waals surface area contributed by atoms with E-state index < -0.39 is 5.97 Å². The van der Waals surface area contributed by atoms with E-state index in [4.69, 9.17) is 27.2 Å². The van der Waals surface area contributed by atoms with Crippen LogP contribution in [0.4, 0.5) is 5.69 Å². The minimum atomic E-state index is -0.757. The highest BCUT2D eigenvalue weighted by molar-refractivity contribution is 6.30. The van der Waals surface area contributed by atoms with Crippen molar-refractivity contribution < 1.29 is 14.6 Å². The van der Waals surface area contributed by atoms with Gasteiger partial charge < -0.3 is 15.6 Å². The van der Waals surface area contributed by atoms with Crippen LogP contribution < -0.4 is 10.5 Å². The van der Waals surface area contributed by atoms with Crippen LogP contribution in [0.5, 0.6) is 5.75 Å². The molecule has 3 N–H and O–H groups in total. The van der Waals surface area contributed by atoms with E-state index in [0.29, 0.717) is 29.5 Å². The number of anilines is 1. The van der Waals surface area contributed by atoms with Crippen molar-refractivity contribution in [2.75, 3.05) is 12.3 Å². The average Bonchev–Trinajstić information content (AvgIpc) is 2.25. The van der Waals surface area contributed by atoms with Crippen LogP contribution in [0.25, 0.3) is 0 Å². The molecular formula is C12H16ClNO3. The summed E-state index contributed by atoms with van der Waals surface area (Å²) < 4.78 is 5.47. The molecule has 0 aliphatic rings. The van der Waals surface area contributed by atoms with Crippen LogP contribution in [0.2, 0.25) is 5.02 Å². The maximum Gasteiger partial charge on any atom is 0.303 e. The molecule has 0 unspecified atom stereocenters. The fourth-order valence-electron chi connectivity index (χ4n) is 1.39. The van der Waals surface area contributed by atoms with E-state index in [1.54, 1.807) is 18.2 Å². The van der Waals surface area contributed by atoms with Crippen molar-refractivity contribution in [2.24, 2.45) is 0 Å². The lowest BCUT2D eigenvalue weighted by Gasteiger charge is -2.08. The zero-order valence-corrected chi connectivity index (χ0v) is 10.2. The molecule has 0 aliphatic heterocycles. The minimum Gasteiger partial charge on any atom is -0.491 e. The summed E-state index contributed by atoms with van der Waals surface area (Å²) in [6.45, 7) is 0.533. The smallest absolute Gasteiger partial charge is 0.303 e. The van der Waals surface area contributed by atoms with E-state index in [1.165, 1.54) is 0 Å². The van der Waals surface area contributed by atoms with E-state index in [9.17, 15) is 4.79 Å². The van der Waals surface area contributed by atoms with Crippen LogP contribution >= 0.6 is 11.6 Å². The Morgan fingerprint density at radius 3 is 2.76 bits per heavy atom. The van der Waals surface area contributed by atoms with Crippen molar-refractivity contribution in [2.45, 2.75) is 25.7 Å². The van der Waals surface area contributed by atoms with Gasteiger partial charge in [0.2, 0.25) is 0 Å². The quantitative estimate of drug-likeness (QED) is 0.582. The summed E-state index contributed by atoms with van der Waals surface area (Å²) in [5.74, 6) is -0.138. The third-order valence-corrected chi connectivity index (χ3v) is 2.50. The summed E-state index contributed by atoms with van der Waals surface area (Å²) in [4.78, 5) is 10.3. The van der Waals surface area contributed by atoms with E-state index in [-0.39, 0.29) is 6.42 Å². The normalized spacial score (nSPS) is 10.2. The van der Waals surface area contributed by atoms with Crippen molar-refractivity contribution in [1.29, 1.82) is 0 Å². The summed E-state index contributed by atoms with van der Waals surface area (Å²) in [5, 5.41) is 9.03. The standard InChI is InChI=1S/C12H16ClNO3/c13-9-5-6-11(10(14)8-9)17-7-3-1-2-4-12(15)16/h5-6,8H,1-4,7,14H2,(H,15,16). The zero-order valence-electron chi connectivity index (χ0n) is 9.49. The van der Waals surface area contributed by atoms with E-state index in [1.807, 2.05) is 0 Å². The fraction of sp³-hybridized carbons (Fsp3) is 0.417. The van der Waals surface area contributed by atoms with Gasteiger partial charge in [-0.2, -0.15) is 0 Å². The number of carboxylic acids is 1. The van der Waals surface area contributed by atoms with Crippen LogP contribution in [0.3, 0.4) is 0 Å². The van der Waals surface area contributed by atoms with Crippen molar-refractivity contribution in [3.63, 3.8) is 0 Å². The van der Waals surface area contributed by atoms with Crippen LogP contribution in [0, 0.1) is 0 Å². The molecule has 0 fully saturated rings. The summed E-state index contributed by atoms with van der Waals surface area (Å²) in [6.07, 6.45) is 2.53. The van der Waals surface area contributed by atoms with Crippen molar-refractivity contribution in [3.05, 3.63) is 23.2 Å². The van der Waals surface area contributed by atoms with Crippen LogP contribution in [0.15, 0.2) is 18.2 Å². The SMILES string of the molecule is Nc1cc(Cl)ccc1OCCCCCC(=O)O. The van der Waals surface area contributed by atoms with Crippen molar-refractivity contribution >= 4 is 23.3 Å². The molecule has 5 heteroatoms. The van der Waals surface area contributed by atoms with Gasteiger partial charge in [0.25, 0.3) is 0 Å². The number of aliphatic carboxylic acids is 1. The van der Waals surface area contributed by atoms with Crippen LogP contribution in [0.1, 0.15) is 25.7 Å². The number of benzene rings is 1. The van der Waals surface area contributed by atoms with Gasteiger partial charge in [-0.25, -0.2) is 0 Å². The Bertz CT molecular complexity index is 382. The Morgan fingerprint density at radius 1 is 1.35 bits per heavy atom. The molecule has 0 amide bonds. The molecule has 0 atom stereocenters. The number of carboxylic acid groups (broad SMARTS) is 1. The lowest BCUT2D eigenvalue weighted by molar-refractivity contribution is -0.137. The first-order valence-corrected chi connectivity index (χ1v) is 5.87. The van der Waals surface area contributed by atoms with Gasteiger partial charge in [-0.3, -0.25) is 4.79 Å². The third kappa shape index (κ3) is 5.45. The number of hydrogen-bond acceptors (Lipinski definition) is 3.